The Balaban J connectivity index is 1.68. The van der Waals surface area contributed by atoms with Crippen LogP contribution >= 0.6 is 0 Å². The third kappa shape index (κ3) is 4.83. The Labute approximate surface area is 182 Å². The van der Waals surface area contributed by atoms with E-state index in [-0.39, 0.29) is 23.9 Å². The van der Waals surface area contributed by atoms with Gasteiger partial charge in [0.25, 0.3) is 0 Å². The number of amides is 1. The Hall–Kier alpha value is -3.04. The quantitative estimate of drug-likeness (QED) is 0.607. The van der Waals surface area contributed by atoms with Gasteiger partial charge in [-0.05, 0) is 30.3 Å². The number of nitrogens with zero attached hydrogens (tertiary/aromatic N) is 2. The molecule has 31 heavy (non-hydrogen) atoms. The minimum atomic E-state index is -3.55. The van der Waals surface area contributed by atoms with E-state index in [1.165, 1.54) is 31.7 Å². The molecule has 2 aromatic carbocycles. The van der Waals surface area contributed by atoms with Gasteiger partial charge < -0.3 is 19.1 Å². The first-order valence-corrected chi connectivity index (χ1v) is 11.2. The van der Waals surface area contributed by atoms with Crippen LogP contribution in [0.5, 0.6) is 17.2 Å². The molecule has 0 bridgehead atoms. The van der Waals surface area contributed by atoms with Gasteiger partial charge in [0.2, 0.25) is 21.7 Å². The van der Waals surface area contributed by atoms with Gasteiger partial charge in [-0.3, -0.25) is 4.79 Å². The lowest BCUT2D eigenvalue weighted by atomic mass is 10.1. The highest BCUT2D eigenvalue weighted by Crippen LogP contribution is 2.40. The second-order valence-electron chi connectivity index (χ2n) is 6.80. The molecule has 166 valence electrons. The SMILES string of the molecule is COc1ccc(/C=C/C(=O)N2CCN(S(=O)(=O)c3ccccc3)CC2)c(OC)c1OC. The summed E-state index contributed by atoms with van der Waals surface area (Å²) in [5.41, 5.74) is 0.666. The van der Waals surface area contributed by atoms with Gasteiger partial charge in [-0.15, -0.1) is 0 Å². The Bertz CT molecular complexity index is 1050. The first kappa shape index (κ1) is 22.6. The number of piperazine rings is 1. The zero-order valence-electron chi connectivity index (χ0n) is 17.8. The molecule has 0 unspecified atom stereocenters. The van der Waals surface area contributed by atoms with E-state index in [2.05, 4.69) is 0 Å². The third-order valence-corrected chi connectivity index (χ3v) is 6.98. The number of hydrogen-bond donors (Lipinski definition) is 0. The van der Waals surface area contributed by atoms with Gasteiger partial charge >= 0.3 is 0 Å². The van der Waals surface area contributed by atoms with Crippen LogP contribution in [-0.4, -0.2) is 71.0 Å². The van der Waals surface area contributed by atoms with Crippen LogP contribution in [-0.2, 0) is 14.8 Å². The van der Waals surface area contributed by atoms with Gasteiger partial charge in [-0.25, -0.2) is 8.42 Å². The van der Waals surface area contributed by atoms with Crippen molar-refractivity contribution in [2.45, 2.75) is 4.90 Å². The summed E-state index contributed by atoms with van der Waals surface area (Å²) in [6, 6.07) is 11.8. The highest BCUT2D eigenvalue weighted by atomic mass is 32.2. The van der Waals surface area contributed by atoms with E-state index in [4.69, 9.17) is 14.2 Å². The molecule has 1 aliphatic rings. The predicted molar refractivity (Wildman–Crippen MR) is 117 cm³/mol. The molecule has 1 saturated heterocycles. The van der Waals surface area contributed by atoms with E-state index in [9.17, 15) is 13.2 Å². The highest BCUT2D eigenvalue weighted by molar-refractivity contribution is 7.89. The highest BCUT2D eigenvalue weighted by Gasteiger charge is 2.29. The fraction of sp³-hybridized carbons (Fsp3) is 0.318. The average Bonchev–Trinajstić information content (AvgIpc) is 2.82. The first-order chi connectivity index (χ1) is 14.9. The molecule has 0 N–H and O–H groups in total. The van der Waals surface area contributed by atoms with Gasteiger partial charge in [0.1, 0.15) is 0 Å². The zero-order chi connectivity index (χ0) is 22.4. The van der Waals surface area contributed by atoms with Gasteiger partial charge in [0.15, 0.2) is 11.5 Å². The fourth-order valence-corrected chi connectivity index (χ4v) is 4.86. The van der Waals surface area contributed by atoms with Crippen LogP contribution in [0.1, 0.15) is 5.56 Å². The van der Waals surface area contributed by atoms with E-state index in [0.29, 0.717) is 35.9 Å². The second kappa shape index (κ2) is 9.84. The normalized spacial score (nSPS) is 15.1. The average molecular weight is 447 g/mol. The Kier molecular flexibility index (Phi) is 7.19. The van der Waals surface area contributed by atoms with Crippen molar-refractivity contribution in [3.63, 3.8) is 0 Å². The molecular weight excluding hydrogens is 420 g/mol. The standard InChI is InChI=1S/C22H26N2O6S/c1-28-19-11-9-17(21(29-2)22(19)30-3)10-12-20(25)23-13-15-24(16-14-23)31(26,27)18-7-5-4-6-8-18/h4-12H,13-16H2,1-3H3/b12-10+. The van der Waals surface area contributed by atoms with E-state index >= 15 is 0 Å². The van der Waals surface area contributed by atoms with Crippen LogP contribution in [0.2, 0.25) is 0 Å². The lowest BCUT2D eigenvalue weighted by Crippen LogP contribution is -2.50. The van der Waals surface area contributed by atoms with E-state index in [0.717, 1.165) is 0 Å². The molecule has 0 aromatic heterocycles. The number of carbonyl (C=O) groups is 1. The molecule has 9 heteroatoms. The summed E-state index contributed by atoms with van der Waals surface area (Å²) in [5, 5.41) is 0. The molecule has 0 spiro atoms. The zero-order valence-corrected chi connectivity index (χ0v) is 18.6. The molecule has 1 fully saturated rings. The number of rotatable bonds is 7. The fourth-order valence-electron chi connectivity index (χ4n) is 3.41. The third-order valence-electron chi connectivity index (χ3n) is 5.07. The van der Waals surface area contributed by atoms with Crippen LogP contribution in [0, 0.1) is 0 Å². The van der Waals surface area contributed by atoms with E-state index in [1.54, 1.807) is 53.4 Å². The van der Waals surface area contributed by atoms with Crippen molar-refractivity contribution in [1.29, 1.82) is 0 Å². The van der Waals surface area contributed by atoms with Gasteiger partial charge in [-0.2, -0.15) is 4.31 Å². The monoisotopic (exact) mass is 446 g/mol. The number of carbonyl (C=O) groups excluding carboxylic acids is 1. The predicted octanol–water partition coefficient (Wildman–Crippen LogP) is 2.26. The van der Waals surface area contributed by atoms with Crippen molar-refractivity contribution in [2.75, 3.05) is 47.5 Å². The Morgan fingerprint density at radius 1 is 0.871 bits per heavy atom. The van der Waals surface area contributed by atoms with Crippen LogP contribution in [0.25, 0.3) is 6.08 Å². The first-order valence-electron chi connectivity index (χ1n) is 9.73. The second-order valence-corrected chi connectivity index (χ2v) is 8.74. The van der Waals surface area contributed by atoms with Crippen molar-refractivity contribution in [1.82, 2.24) is 9.21 Å². The molecule has 3 rings (SSSR count). The summed E-state index contributed by atoms with van der Waals surface area (Å²) in [7, 11) is 1.01. The number of benzene rings is 2. The van der Waals surface area contributed by atoms with Crippen LogP contribution in [0.3, 0.4) is 0 Å². The summed E-state index contributed by atoms with van der Waals surface area (Å²) in [6.07, 6.45) is 3.10. The number of methoxy groups -OCH3 is 3. The molecule has 1 heterocycles. The number of ether oxygens (including phenoxy) is 3. The van der Waals surface area contributed by atoms with Crippen LogP contribution in [0.4, 0.5) is 0 Å². The summed E-state index contributed by atoms with van der Waals surface area (Å²) >= 11 is 0. The molecule has 1 aliphatic heterocycles. The maximum atomic E-state index is 12.7. The maximum absolute atomic E-state index is 12.7. The molecule has 0 saturated carbocycles. The molecule has 0 radical (unpaired) electrons. The Morgan fingerprint density at radius 2 is 1.52 bits per heavy atom. The van der Waals surface area contributed by atoms with Crippen LogP contribution < -0.4 is 14.2 Å². The summed E-state index contributed by atoms with van der Waals surface area (Å²) in [5.74, 6) is 1.23. The van der Waals surface area contributed by atoms with Crippen molar-refractivity contribution in [3.05, 3.63) is 54.1 Å². The lowest BCUT2D eigenvalue weighted by molar-refractivity contribution is -0.127. The lowest BCUT2D eigenvalue weighted by Gasteiger charge is -2.33. The minimum absolute atomic E-state index is 0.200. The van der Waals surface area contributed by atoms with Crippen LogP contribution in [0.15, 0.2) is 53.4 Å². The van der Waals surface area contributed by atoms with Crippen molar-refractivity contribution in [3.8, 4) is 17.2 Å². The summed E-state index contributed by atoms with van der Waals surface area (Å²) in [6.45, 7) is 1.13. The molecule has 8 nitrogen and oxygen atoms in total. The summed E-state index contributed by atoms with van der Waals surface area (Å²) < 4.78 is 42.9. The topological polar surface area (TPSA) is 85.4 Å². The molecule has 1 amide bonds. The number of sulfonamides is 1. The van der Waals surface area contributed by atoms with Crippen molar-refractivity contribution in [2.24, 2.45) is 0 Å². The van der Waals surface area contributed by atoms with Gasteiger partial charge in [-0.1, -0.05) is 18.2 Å². The van der Waals surface area contributed by atoms with E-state index in [1.807, 2.05) is 0 Å². The smallest absolute Gasteiger partial charge is 0.246 e. The number of hydrogen-bond acceptors (Lipinski definition) is 6. The van der Waals surface area contributed by atoms with Gasteiger partial charge in [0.05, 0.1) is 26.2 Å². The molecule has 2 aromatic rings. The Morgan fingerprint density at radius 3 is 2.10 bits per heavy atom. The molecule has 0 atom stereocenters. The van der Waals surface area contributed by atoms with Gasteiger partial charge in [0, 0.05) is 37.8 Å². The van der Waals surface area contributed by atoms with E-state index < -0.39 is 10.0 Å². The van der Waals surface area contributed by atoms with Crippen molar-refractivity contribution >= 4 is 22.0 Å². The largest absolute Gasteiger partial charge is 0.493 e. The summed E-state index contributed by atoms with van der Waals surface area (Å²) in [4.78, 5) is 14.5. The van der Waals surface area contributed by atoms with Crippen molar-refractivity contribution < 1.29 is 27.4 Å². The minimum Gasteiger partial charge on any atom is -0.493 e. The maximum Gasteiger partial charge on any atom is 0.246 e. The molecular formula is C22H26N2O6S. The molecule has 0 aliphatic carbocycles.